The van der Waals surface area contributed by atoms with Crippen molar-refractivity contribution in [1.29, 1.82) is 0 Å². The van der Waals surface area contributed by atoms with E-state index in [1.165, 1.54) is 0 Å². The Balaban J connectivity index is 1.21. The summed E-state index contributed by atoms with van der Waals surface area (Å²) in [6.45, 7) is 0. The highest BCUT2D eigenvalue weighted by Crippen LogP contribution is 2.67. The fourth-order valence-corrected chi connectivity index (χ4v) is 11.1. The third-order valence-corrected chi connectivity index (χ3v) is 13.7. The van der Waals surface area contributed by atoms with Crippen LogP contribution in [-0.2, 0) is 4.57 Å². The van der Waals surface area contributed by atoms with E-state index in [4.69, 9.17) is 4.99 Å². The van der Waals surface area contributed by atoms with Crippen LogP contribution in [-0.4, -0.2) is 12.0 Å². The number of hydrogen-bond acceptors (Lipinski definition) is 4. The molecule has 0 N–H and O–H groups in total. The highest BCUT2D eigenvalue weighted by atomic mass is 31.2. The number of para-hydroxylation sites is 6. The Morgan fingerprint density at radius 1 is 0.350 bits per heavy atom. The molecule has 0 aromatic heterocycles. The molecule has 6 nitrogen and oxygen atoms in total. The minimum absolute atomic E-state index is 0.502. The maximum Gasteiger partial charge on any atom is 0.296 e. The average Bonchev–Trinajstić information content (AvgIpc) is 3.33. The highest BCUT2D eigenvalue weighted by molar-refractivity contribution is 7.68. The first-order chi connectivity index (χ1) is 29.7. The van der Waals surface area contributed by atoms with Crippen LogP contribution in [0.1, 0.15) is 6.42 Å². The molecule has 1 aliphatic rings. The van der Waals surface area contributed by atoms with Crippen LogP contribution in [0.3, 0.4) is 0 Å². The topological polar surface area (TPSA) is 42.4 Å². The largest absolute Gasteiger partial charge is 0.311 e. The highest BCUT2D eigenvalue weighted by Gasteiger charge is 2.47. The summed E-state index contributed by atoms with van der Waals surface area (Å²) in [4.78, 5) is 9.49. The molecule has 7 heteroatoms. The Morgan fingerprint density at radius 3 is 0.883 bits per heavy atom. The van der Waals surface area contributed by atoms with Crippen molar-refractivity contribution < 1.29 is 4.57 Å². The van der Waals surface area contributed by atoms with Crippen molar-refractivity contribution >= 4 is 70.5 Å². The number of dihydropyridines is 1. The van der Waals surface area contributed by atoms with E-state index in [0.717, 1.165) is 56.9 Å². The third kappa shape index (κ3) is 7.77. The van der Waals surface area contributed by atoms with E-state index >= 15 is 4.57 Å². The first kappa shape index (κ1) is 38.1. The van der Waals surface area contributed by atoms with Gasteiger partial charge in [0, 0.05) is 63.1 Å². The van der Waals surface area contributed by atoms with Crippen molar-refractivity contribution in [2.45, 2.75) is 12.2 Å². The summed E-state index contributed by atoms with van der Waals surface area (Å²) < 4.78 is 21.2. The van der Waals surface area contributed by atoms with Gasteiger partial charge in [-0.1, -0.05) is 115 Å². The van der Waals surface area contributed by atoms with Crippen molar-refractivity contribution in [2.75, 3.05) is 19.1 Å². The molecule has 0 aliphatic carbocycles. The first-order valence-electron chi connectivity index (χ1n) is 20.2. The maximum absolute atomic E-state index is 17.2. The molecule has 1 unspecified atom stereocenters. The number of hydrogen-bond donors (Lipinski definition) is 0. The summed E-state index contributed by atoms with van der Waals surface area (Å²) in [7, 11) is -3.82. The van der Waals surface area contributed by atoms with Crippen molar-refractivity contribution in [2.24, 2.45) is 4.99 Å². The van der Waals surface area contributed by atoms with Crippen molar-refractivity contribution in [3.63, 3.8) is 0 Å². The lowest BCUT2D eigenvalue weighted by Crippen LogP contribution is -2.33. The molecular formula is C53H44N5OP. The second-order valence-electron chi connectivity index (χ2n) is 14.4. The number of anilines is 10. The first-order valence-corrected chi connectivity index (χ1v) is 21.9. The number of allylic oxidation sites excluding steroid dienone is 1. The van der Waals surface area contributed by atoms with E-state index in [0.29, 0.717) is 6.42 Å². The lowest BCUT2D eigenvalue weighted by molar-refractivity contribution is 0.563. The number of aliphatic imine (C=N–C) groups is 1. The maximum atomic E-state index is 17.2. The summed E-state index contributed by atoms with van der Waals surface area (Å²) >= 11 is 0. The second-order valence-corrected chi connectivity index (χ2v) is 16.9. The molecule has 292 valence electrons. The van der Waals surface area contributed by atoms with E-state index in [9.17, 15) is 0 Å². The fraction of sp³-hybridized carbons (Fsp3) is 0.0377. The molecule has 0 spiro atoms. The van der Waals surface area contributed by atoms with Gasteiger partial charge in [0.2, 0.25) is 0 Å². The molecule has 1 heterocycles. The Morgan fingerprint density at radius 2 is 0.600 bits per heavy atom. The zero-order valence-corrected chi connectivity index (χ0v) is 33.9. The van der Waals surface area contributed by atoms with Gasteiger partial charge in [-0.05, 0) is 134 Å². The standard InChI is InChI=1S/C53H44N5OP/c59-60(53-33-19-20-42-54-53,57(49-29-15-5-16-30-49)51-38-34-47(35-39-51)55(43-21-7-1-8-22-43)44-23-9-2-10-24-44)58(50-31-17-6-18-32-50)52-40-36-48(37-41-52)56(45-25-11-3-12-26-45)46-27-13-4-14-28-46/h1-32,34-42,53H,33H2. The Labute approximate surface area is 352 Å². The van der Waals surface area contributed by atoms with E-state index in [1.807, 2.05) is 100 Å². The Kier molecular flexibility index (Phi) is 11.2. The van der Waals surface area contributed by atoms with Gasteiger partial charge in [-0.3, -0.25) is 18.9 Å². The van der Waals surface area contributed by atoms with Crippen LogP contribution in [0.25, 0.3) is 0 Å². The van der Waals surface area contributed by atoms with Gasteiger partial charge in [0.1, 0.15) is 5.78 Å². The summed E-state index contributed by atoms with van der Waals surface area (Å²) in [5, 5.41) is 0. The van der Waals surface area contributed by atoms with Gasteiger partial charge in [0.25, 0.3) is 7.44 Å². The van der Waals surface area contributed by atoms with Crippen LogP contribution in [0.2, 0.25) is 0 Å². The summed E-state index contributed by atoms with van der Waals surface area (Å²) in [5.74, 6) is -0.600. The minimum atomic E-state index is -3.82. The zero-order valence-electron chi connectivity index (χ0n) is 33.0. The molecule has 60 heavy (non-hydrogen) atoms. The summed E-state index contributed by atoms with van der Waals surface area (Å²) in [5.41, 5.74) is 9.32. The predicted molar refractivity (Wildman–Crippen MR) is 253 cm³/mol. The SMILES string of the molecule is O=P(C1CC=CC=N1)(N(c1ccccc1)c1ccc(N(c2ccccc2)c2ccccc2)cc1)N(c1ccccc1)c1ccc(N(c2ccccc2)c2ccccc2)cc1. The molecule has 0 amide bonds. The van der Waals surface area contributed by atoms with E-state index in [1.54, 1.807) is 6.21 Å². The average molecular weight is 798 g/mol. The van der Waals surface area contributed by atoms with Crippen molar-refractivity contribution in [1.82, 2.24) is 0 Å². The smallest absolute Gasteiger partial charge is 0.296 e. The van der Waals surface area contributed by atoms with Gasteiger partial charge in [0.05, 0.1) is 0 Å². The van der Waals surface area contributed by atoms with Gasteiger partial charge in [-0.15, -0.1) is 0 Å². The van der Waals surface area contributed by atoms with Crippen LogP contribution in [0.15, 0.2) is 248 Å². The monoisotopic (exact) mass is 797 g/mol. The Bertz CT molecular complexity index is 2450. The molecular weight excluding hydrogens is 754 g/mol. The minimum Gasteiger partial charge on any atom is -0.311 e. The van der Waals surface area contributed by atoms with Gasteiger partial charge < -0.3 is 9.80 Å². The molecule has 0 fully saturated rings. The third-order valence-electron chi connectivity index (χ3n) is 10.6. The fourth-order valence-electron chi connectivity index (χ4n) is 7.84. The van der Waals surface area contributed by atoms with Gasteiger partial charge >= 0.3 is 0 Å². The van der Waals surface area contributed by atoms with Gasteiger partial charge in [0.15, 0.2) is 0 Å². The molecule has 0 saturated carbocycles. The molecule has 1 atom stereocenters. The van der Waals surface area contributed by atoms with E-state index in [2.05, 4.69) is 161 Å². The molecule has 0 saturated heterocycles. The lowest BCUT2D eigenvalue weighted by atomic mass is 10.2. The molecule has 8 aromatic carbocycles. The lowest BCUT2D eigenvalue weighted by Gasteiger charge is -2.44. The second kappa shape index (κ2) is 17.6. The van der Waals surface area contributed by atoms with Crippen LogP contribution >= 0.6 is 7.44 Å². The van der Waals surface area contributed by atoms with Crippen LogP contribution in [0.4, 0.5) is 56.9 Å². The molecule has 8 aromatic rings. The van der Waals surface area contributed by atoms with Crippen molar-refractivity contribution in [3.05, 3.63) is 243 Å². The molecule has 1 aliphatic heterocycles. The van der Waals surface area contributed by atoms with Crippen LogP contribution in [0, 0.1) is 0 Å². The number of rotatable bonds is 13. The van der Waals surface area contributed by atoms with Gasteiger partial charge in [-0.2, -0.15) is 0 Å². The summed E-state index contributed by atoms with van der Waals surface area (Å²) in [6, 6.07) is 78.4. The molecule has 0 bridgehead atoms. The van der Waals surface area contributed by atoms with E-state index < -0.39 is 13.2 Å². The van der Waals surface area contributed by atoms with E-state index in [-0.39, 0.29) is 0 Å². The zero-order chi connectivity index (χ0) is 40.6. The summed E-state index contributed by atoms with van der Waals surface area (Å²) in [6.07, 6.45) is 6.29. The number of nitrogens with zero attached hydrogens (tertiary/aromatic N) is 5. The molecule has 9 rings (SSSR count). The Hall–Kier alpha value is -7.40. The quantitative estimate of drug-likeness (QED) is 0.109. The van der Waals surface area contributed by atoms with Crippen LogP contribution < -0.4 is 19.1 Å². The van der Waals surface area contributed by atoms with Crippen LogP contribution in [0.5, 0.6) is 0 Å². The predicted octanol–water partition coefficient (Wildman–Crippen LogP) is 15.2. The number of benzene rings is 8. The molecule has 0 radical (unpaired) electrons. The van der Waals surface area contributed by atoms with Gasteiger partial charge in [-0.25, -0.2) is 0 Å². The van der Waals surface area contributed by atoms with Crippen molar-refractivity contribution in [3.8, 4) is 0 Å². The normalized spacial score (nSPS) is 13.4.